The van der Waals surface area contributed by atoms with E-state index in [4.69, 9.17) is 9.47 Å². The van der Waals surface area contributed by atoms with Crippen molar-refractivity contribution in [1.29, 1.82) is 0 Å². The number of aromatic nitrogens is 2. The molecule has 5 heterocycles. The average Bonchev–Trinajstić information content (AvgIpc) is 3.89. The maximum atomic E-state index is 6.84. The molecule has 0 saturated heterocycles. The molecule has 0 spiro atoms. The van der Waals surface area contributed by atoms with Gasteiger partial charge < -0.3 is 18.6 Å². The summed E-state index contributed by atoms with van der Waals surface area (Å²) in [4.78, 5) is 0. The van der Waals surface area contributed by atoms with Crippen molar-refractivity contribution in [3.05, 3.63) is 164 Å². The van der Waals surface area contributed by atoms with Crippen molar-refractivity contribution in [1.82, 2.24) is 9.13 Å². The quantitative estimate of drug-likeness (QED) is 0.167. The molecular weight excluding hydrogens is 679 g/mol. The topological polar surface area (TPSA) is 28.3 Å². The van der Waals surface area contributed by atoms with Gasteiger partial charge in [-0.05, 0) is 53.4 Å². The third kappa shape index (κ3) is 3.63. The molecule has 0 atom stereocenters. The van der Waals surface area contributed by atoms with Gasteiger partial charge in [0.25, 0.3) is 6.71 Å². The van der Waals surface area contributed by atoms with Crippen LogP contribution in [0.25, 0.3) is 75.2 Å². The van der Waals surface area contributed by atoms with Gasteiger partial charge in [0.2, 0.25) is 0 Å². The first-order valence-corrected chi connectivity index (χ1v) is 19.2. The zero-order valence-electron chi connectivity index (χ0n) is 28.8. The van der Waals surface area contributed by atoms with E-state index in [0.717, 1.165) is 56.3 Å². The highest BCUT2D eigenvalue weighted by Gasteiger charge is 2.40. The van der Waals surface area contributed by atoms with Crippen LogP contribution in [0.15, 0.2) is 164 Å². The molecule has 54 heavy (non-hydrogen) atoms. The first kappa shape index (κ1) is 28.8. The summed E-state index contributed by atoms with van der Waals surface area (Å²) in [6.07, 6.45) is 0. The molecule has 11 aromatic rings. The molecule has 13 rings (SSSR count). The highest BCUT2D eigenvalue weighted by atomic mass is 32.1. The first-order chi connectivity index (χ1) is 26.8. The predicted molar refractivity (Wildman–Crippen MR) is 226 cm³/mol. The molecule has 2 aliphatic rings. The van der Waals surface area contributed by atoms with E-state index in [1.54, 1.807) is 0 Å². The van der Waals surface area contributed by atoms with Crippen LogP contribution in [0.2, 0.25) is 0 Å². The van der Waals surface area contributed by atoms with Crippen LogP contribution < -0.4 is 25.9 Å². The Morgan fingerprint density at radius 2 is 0.926 bits per heavy atom. The molecule has 8 aromatic carbocycles. The van der Waals surface area contributed by atoms with Gasteiger partial charge in [0.15, 0.2) is 0 Å². The molecule has 0 N–H and O–H groups in total. The Kier molecular flexibility index (Phi) is 5.56. The lowest BCUT2D eigenvalue weighted by Gasteiger charge is -2.33. The maximum Gasteiger partial charge on any atom is 0.260 e. The van der Waals surface area contributed by atoms with Crippen molar-refractivity contribution in [3.63, 3.8) is 0 Å². The number of benzene rings is 8. The molecule has 0 fully saturated rings. The van der Waals surface area contributed by atoms with Gasteiger partial charge in [0.1, 0.15) is 23.0 Å². The van der Waals surface area contributed by atoms with Crippen LogP contribution >= 0.6 is 11.3 Å². The fourth-order valence-corrected chi connectivity index (χ4v) is 10.8. The van der Waals surface area contributed by atoms with E-state index < -0.39 is 0 Å². The van der Waals surface area contributed by atoms with Crippen LogP contribution in [-0.4, -0.2) is 15.8 Å². The van der Waals surface area contributed by atoms with Gasteiger partial charge in [-0.25, -0.2) is 0 Å². The summed E-state index contributed by atoms with van der Waals surface area (Å²) in [7, 11) is 0. The fraction of sp³-hybridized carbons (Fsp3) is 0. The Morgan fingerprint density at radius 3 is 1.59 bits per heavy atom. The summed E-state index contributed by atoms with van der Waals surface area (Å²) >= 11 is 1.89. The highest BCUT2D eigenvalue weighted by molar-refractivity contribution is 7.27. The van der Waals surface area contributed by atoms with Crippen molar-refractivity contribution in [2.75, 3.05) is 0 Å². The molecule has 0 amide bonds. The SMILES string of the molecule is c1ccc(-n2c3ccccc3c3c4c(c5ccccc5n4-c4cc5c6c(c4)Oc4ccccc4B6c4ccccc4O5)c4sc5ccccc5c4c32)cc1. The van der Waals surface area contributed by atoms with Crippen molar-refractivity contribution in [2.45, 2.75) is 0 Å². The smallest absolute Gasteiger partial charge is 0.260 e. The molecular formula is C48H27BN2O2S. The summed E-state index contributed by atoms with van der Waals surface area (Å²) in [5.41, 5.74) is 10.3. The summed E-state index contributed by atoms with van der Waals surface area (Å²) in [6.45, 7) is 0.0193. The number of nitrogens with zero attached hydrogens (tertiary/aromatic N) is 2. The number of hydrogen-bond donors (Lipinski definition) is 0. The van der Waals surface area contributed by atoms with Crippen LogP contribution in [-0.2, 0) is 0 Å². The molecule has 0 aliphatic carbocycles. The molecule has 0 unspecified atom stereocenters. The number of rotatable bonds is 2. The van der Waals surface area contributed by atoms with E-state index in [1.807, 2.05) is 11.3 Å². The second kappa shape index (κ2) is 10.4. The Labute approximate surface area is 313 Å². The molecule has 2 aliphatic heterocycles. The molecule has 0 radical (unpaired) electrons. The minimum atomic E-state index is 0.0193. The van der Waals surface area contributed by atoms with Crippen LogP contribution in [0.1, 0.15) is 0 Å². The first-order valence-electron chi connectivity index (χ1n) is 18.4. The molecule has 6 heteroatoms. The molecule has 0 bridgehead atoms. The highest BCUT2D eigenvalue weighted by Crippen LogP contribution is 2.51. The van der Waals surface area contributed by atoms with E-state index >= 15 is 0 Å². The Hall–Kier alpha value is -6.76. The second-order valence-corrected chi connectivity index (χ2v) is 15.4. The standard InChI is InChI=1S/C48H27BN2O2S/c1-2-14-28(15-3-1)50-35-21-9-4-16-30(35)42-46-43(48-44(47(42)50)32-18-6-13-25-41(32)54-48)31-17-5-10-22-36(31)51(46)29-26-39-45-40(27-29)53-38-24-12-8-20-34(38)49(45)33-19-7-11-23-37(33)52-39/h1-27H. The Balaban J connectivity index is 1.24. The van der Waals surface area contributed by atoms with Crippen LogP contribution in [0, 0.1) is 0 Å². The lowest BCUT2D eigenvalue weighted by atomic mass is 9.35. The van der Waals surface area contributed by atoms with Crippen LogP contribution in [0.3, 0.4) is 0 Å². The average molecular weight is 707 g/mol. The van der Waals surface area contributed by atoms with Crippen molar-refractivity contribution in [3.8, 4) is 34.4 Å². The third-order valence-corrected chi connectivity index (χ3v) is 12.8. The molecule has 3 aromatic heterocycles. The summed E-state index contributed by atoms with van der Waals surface area (Å²) in [6, 6.07) is 58.8. The number of fused-ring (bicyclic) bond motifs is 16. The van der Waals surface area contributed by atoms with Gasteiger partial charge in [-0.15, -0.1) is 11.3 Å². The monoisotopic (exact) mass is 706 g/mol. The summed E-state index contributed by atoms with van der Waals surface area (Å²) in [5, 5.41) is 7.53. The van der Waals surface area contributed by atoms with E-state index in [0.29, 0.717) is 0 Å². The van der Waals surface area contributed by atoms with E-state index in [1.165, 1.54) is 58.3 Å². The van der Waals surface area contributed by atoms with E-state index in [9.17, 15) is 0 Å². The summed E-state index contributed by atoms with van der Waals surface area (Å²) < 4.78 is 21.2. The van der Waals surface area contributed by atoms with Gasteiger partial charge in [0, 0.05) is 65.0 Å². The van der Waals surface area contributed by atoms with Gasteiger partial charge in [-0.1, -0.05) is 109 Å². The Morgan fingerprint density at radius 1 is 0.426 bits per heavy atom. The largest absolute Gasteiger partial charge is 0.458 e. The number of thiophene rings is 1. The number of para-hydroxylation sites is 5. The molecule has 250 valence electrons. The Bertz CT molecular complexity index is 3340. The lowest BCUT2D eigenvalue weighted by Crippen LogP contribution is -2.57. The lowest BCUT2D eigenvalue weighted by molar-refractivity contribution is 0.464. The number of ether oxygens (including phenoxy) is 2. The molecule has 4 nitrogen and oxygen atoms in total. The third-order valence-electron chi connectivity index (χ3n) is 11.6. The fourth-order valence-electron chi connectivity index (χ4n) is 9.50. The zero-order valence-corrected chi connectivity index (χ0v) is 29.6. The van der Waals surface area contributed by atoms with Gasteiger partial charge in [-0.3, -0.25) is 0 Å². The predicted octanol–water partition coefficient (Wildman–Crippen LogP) is 11.0. The van der Waals surface area contributed by atoms with Crippen LogP contribution in [0.5, 0.6) is 23.0 Å². The van der Waals surface area contributed by atoms with Crippen molar-refractivity contribution < 1.29 is 9.47 Å². The minimum Gasteiger partial charge on any atom is -0.458 e. The second-order valence-electron chi connectivity index (χ2n) is 14.4. The van der Waals surface area contributed by atoms with E-state index in [2.05, 4.69) is 173 Å². The molecule has 0 saturated carbocycles. The van der Waals surface area contributed by atoms with Crippen molar-refractivity contribution in [2.24, 2.45) is 0 Å². The normalized spacial score (nSPS) is 13.1. The maximum absolute atomic E-state index is 6.84. The van der Waals surface area contributed by atoms with Gasteiger partial charge >= 0.3 is 0 Å². The van der Waals surface area contributed by atoms with Crippen molar-refractivity contribution >= 4 is 98.2 Å². The van der Waals surface area contributed by atoms with E-state index in [-0.39, 0.29) is 6.71 Å². The minimum absolute atomic E-state index is 0.0193. The van der Waals surface area contributed by atoms with Gasteiger partial charge in [-0.2, -0.15) is 0 Å². The van der Waals surface area contributed by atoms with Crippen LogP contribution in [0.4, 0.5) is 0 Å². The van der Waals surface area contributed by atoms with Gasteiger partial charge in [0.05, 0.1) is 27.8 Å². The zero-order chi connectivity index (χ0) is 35.1. The number of hydrogen-bond acceptors (Lipinski definition) is 3. The summed E-state index contributed by atoms with van der Waals surface area (Å²) in [5.74, 6) is 3.43.